The number of amidine groups is 1. The lowest BCUT2D eigenvalue weighted by molar-refractivity contribution is -0.128. The quantitative estimate of drug-likeness (QED) is 0.299. The molecule has 1 rings (SSSR count). The van der Waals surface area contributed by atoms with Crippen LogP contribution in [0.5, 0.6) is 0 Å². The van der Waals surface area contributed by atoms with Crippen LogP contribution in [0.4, 0.5) is 0 Å². The topological polar surface area (TPSA) is 91.0 Å². The van der Waals surface area contributed by atoms with Gasteiger partial charge >= 0.3 is 0 Å². The molecule has 110 valence electrons. The van der Waals surface area contributed by atoms with Crippen LogP contribution < -0.4 is 11.1 Å². The Labute approximate surface area is 119 Å². The first-order chi connectivity index (χ1) is 9.58. The molecule has 0 bridgehead atoms. The third-order valence-corrected chi connectivity index (χ3v) is 3.14. The maximum Gasteiger partial charge on any atom is 0.236 e. The summed E-state index contributed by atoms with van der Waals surface area (Å²) >= 11 is 0. The third-order valence-electron chi connectivity index (χ3n) is 3.14. The van der Waals surface area contributed by atoms with Gasteiger partial charge in [-0.25, -0.2) is 0 Å². The van der Waals surface area contributed by atoms with Crippen molar-refractivity contribution in [2.75, 3.05) is 20.1 Å². The van der Waals surface area contributed by atoms with E-state index in [1.165, 1.54) is 0 Å². The second-order valence-corrected chi connectivity index (χ2v) is 4.55. The number of amides is 1. The highest BCUT2D eigenvalue weighted by molar-refractivity contribution is 5.81. The highest BCUT2D eigenvalue weighted by atomic mass is 16.4. The van der Waals surface area contributed by atoms with Gasteiger partial charge in [0, 0.05) is 26.1 Å². The molecule has 1 aromatic rings. The van der Waals surface area contributed by atoms with Crippen LogP contribution in [0.1, 0.15) is 24.9 Å². The average Bonchev–Trinajstić information content (AvgIpc) is 2.50. The maximum atomic E-state index is 11.8. The van der Waals surface area contributed by atoms with Gasteiger partial charge in [0.15, 0.2) is 0 Å². The summed E-state index contributed by atoms with van der Waals surface area (Å²) in [5.74, 6) is 0.135. The second kappa shape index (κ2) is 8.16. The lowest BCUT2D eigenvalue weighted by Crippen LogP contribution is -2.38. The van der Waals surface area contributed by atoms with Crippen LogP contribution in [0.3, 0.4) is 0 Å². The highest BCUT2D eigenvalue weighted by Gasteiger charge is 2.15. The van der Waals surface area contributed by atoms with Crippen molar-refractivity contribution in [2.45, 2.75) is 19.4 Å². The van der Waals surface area contributed by atoms with E-state index in [9.17, 15) is 4.79 Å². The molecule has 1 unspecified atom stereocenters. The van der Waals surface area contributed by atoms with E-state index in [4.69, 9.17) is 10.9 Å². The van der Waals surface area contributed by atoms with Gasteiger partial charge < -0.3 is 21.2 Å². The average molecular weight is 278 g/mol. The van der Waals surface area contributed by atoms with Gasteiger partial charge in [0.25, 0.3) is 0 Å². The molecule has 0 heterocycles. The van der Waals surface area contributed by atoms with E-state index in [-0.39, 0.29) is 24.3 Å². The van der Waals surface area contributed by atoms with E-state index in [0.717, 1.165) is 5.56 Å². The number of hydrogen-bond donors (Lipinski definition) is 3. The van der Waals surface area contributed by atoms with Gasteiger partial charge in [0.05, 0.1) is 6.54 Å². The van der Waals surface area contributed by atoms with Crippen molar-refractivity contribution in [3.8, 4) is 0 Å². The van der Waals surface area contributed by atoms with Gasteiger partial charge in [-0.3, -0.25) is 4.79 Å². The Bertz CT molecular complexity index is 448. The summed E-state index contributed by atoms with van der Waals surface area (Å²) in [4.78, 5) is 13.5. The molecule has 0 saturated heterocycles. The summed E-state index contributed by atoms with van der Waals surface area (Å²) in [6, 6.07) is 9.46. The minimum Gasteiger partial charge on any atom is -0.409 e. The molecule has 6 heteroatoms. The summed E-state index contributed by atoms with van der Waals surface area (Å²) in [5.41, 5.74) is 6.56. The number of hydrogen-bond acceptors (Lipinski definition) is 4. The fourth-order valence-electron chi connectivity index (χ4n) is 1.77. The van der Waals surface area contributed by atoms with Crippen molar-refractivity contribution >= 4 is 11.7 Å². The lowest BCUT2D eigenvalue weighted by Gasteiger charge is -2.21. The maximum absolute atomic E-state index is 11.8. The van der Waals surface area contributed by atoms with Crippen molar-refractivity contribution in [3.05, 3.63) is 35.9 Å². The zero-order valence-electron chi connectivity index (χ0n) is 11.9. The second-order valence-electron chi connectivity index (χ2n) is 4.55. The van der Waals surface area contributed by atoms with E-state index < -0.39 is 0 Å². The predicted molar refractivity (Wildman–Crippen MR) is 78.5 cm³/mol. The molecule has 0 aliphatic carbocycles. The van der Waals surface area contributed by atoms with Crippen molar-refractivity contribution in [2.24, 2.45) is 10.9 Å². The SMILES string of the molecule is CCN(C)C(=O)CNC(C/C(N)=N/O)c1ccccc1. The Balaban J connectivity index is 2.71. The number of benzene rings is 1. The molecular formula is C14H22N4O2. The number of nitrogens with zero attached hydrogens (tertiary/aromatic N) is 2. The van der Waals surface area contributed by atoms with Crippen LogP contribution >= 0.6 is 0 Å². The number of oxime groups is 1. The van der Waals surface area contributed by atoms with E-state index >= 15 is 0 Å². The van der Waals surface area contributed by atoms with Gasteiger partial charge in [-0.2, -0.15) is 0 Å². The van der Waals surface area contributed by atoms with E-state index in [0.29, 0.717) is 13.0 Å². The minimum absolute atomic E-state index is 0.00735. The molecule has 0 fully saturated rings. The summed E-state index contributed by atoms with van der Waals surface area (Å²) < 4.78 is 0. The zero-order valence-corrected chi connectivity index (χ0v) is 11.9. The van der Waals surface area contributed by atoms with Crippen LogP contribution in [0.25, 0.3) is 0 Å². The molecule has 0 aliphatic rings. The first-order valence-electron chi connectivity index (χ1n) is 6.57. The fraction of sp³-hybridized carbons (Fsp3) is 0.429. The van der Waals surface area contributed by atoms with Crippen molar-refractivity contribution in [1.82, 2.24) is 10.2 Å². The Morgan fingerprint density at radius 2 is 2.10 bits per heavy atom. The number of nitrogens with two attached hydrogens (primary N) is 1. The van der Waals surface area contributed by atoms with Crippen LogP contribution in [0.15, 0.2) is 35.5 Å². The van der Waals surface area contributed by atoms with Gasteiger partial charge in [0.1, 0.15) is 5.84 Å². The summed E-state index contributed by atoms with van der Waals surface area (Å²) in [5, 5.41) is 14.8. The largest absolute Gasteiger partial charge is 0.409 e. The van der Waals surface area contributed by atoms with Gasteiger partial charge in [-0.15, -0.1) is 0 Å². The van der Waals surface area contributed by atoms with Crippen molar-refractivity contribution in [3.63, 3.8) is 0 Å². The molecule has 20 heavy (non-hydrogen) atoms. The van der Waals surface area contributed by atoms with Crippen LogP contribution in [0.2, 0.25) is 0 Å². The Morgan fingerprint density at radius 1 is 1.45 bits per heavy atom. The van der Waals surface area contributed by atoms with E-state index in [1.54, 1.807) is 11.9 Å². The molecule has 1 atom stereocenters. The molecule has 6 nitrogen and oxygen atoms in total. The van der Waals surface area contributed by atoms with E-state index in [2.05, 4.69) is 10.5 Å². The Hall–Kier alpha value is -2.08. The monoisotopic (exact) mass is 278 g/mol. The minimum atomic E-state index is -0.165. The zero-order chi connectivity index (χ0) is 15.0. The highest BCUT2D eigenvalue weighted by Crippen LogP contribution is 2.16. The first kappa shape index (κ1) is 16.0. The molecule has 0 radical (unpaired) electrons. The van der Waals surface area contributed by atoms with Gasteiger partial charge in [0.2, 0.25) is 5.91 Å². The third kappa shape index (κ3) is 4.89. The first-order valence-corrected chi connectivity index (χ1v) is 6.57. The number of carbonyl (C=O) groups excluding carboxylic acids is 1. The molecule has 0 aromatic heterocycles. The lowest BCUT2D eigenvalue weighted by atomic mass is 10.0. The van der Waals surface area contributed by atoms with Gasteiger partial charge in [-0.05, 0) is 12.5 Å². The number of rotatable bonds is 7. The van der Waals surface area contributed by atoms with E-state index in [1.807, 2.05) is 37.3 Å². The summed E-state index contributed by atoms with van der Waals surface area (Å²) in [7, 11) is 1.76. The number of nitrogens with one attached hydrogen (secondary N) is 1. The molecule has 0 saturated carbocycles. The summed E-state index contributed by atoms with van der Waals surface area (Å²) in [6.45, 7) is 2.79. The van der Waals surface area contributed by atoms with Crippen LogP contribution in [-0.2, 0) is 4.79 Å². The van der Waals surface area contributed by atoms with Gasteiger partial charge in [-0.1, -0.05) is 35.5 Å². The Morgan fingerprint density at radius 3 is 2.65 bits per heavy atom. The van der Waals surface area contributed by atoms with Crippen molar-refractivity contribution in [1.29, 1.82) is 0 Å². The fourth-order valence-corrected chi connectivity index (χ4v) is 1.77. The predicted octanol–water partition coefficient (Wildman–Crippen LogP) is 0.932. The van der Waals surface area contributed by atoms with Crippen molar-refractivity contribution < 1.29 is 10.0 Å². The molecule has 0 spiro atoms. The van der Waals surface area contributed by atoms with Crippen LogP contribution in [-0.4, -0.2) is 42.0 Å². The Kier molecular flexibility index (Phi) is 6.52. The number of carbonyl (C=O) groups is 1. The standard InChI is InChI=1S/C14H22N4O2/c1-3-18(2)14(19)10-16-12(9-13(15)17-20)11-7-5-4-6-8-11/h4-8,12,16,20H,3,9-10H2,1-2H3,(H2,15,17). The number of likely N-dealkylation sites (N-methyl/N-ethyl adjacent to an activating group) is 1. The molecular weight excluding hydrogens is 256 g/mol. The molecule has 1 amide bonds. The van der Waals surface area contributed by atoms with Crippen LogP contribution in [0, 0.1) is 0 Å². The molecule has 4 N–H and O–H groups in total. The summed E-state index contributed by atoms with van der Waals surface area (Å²) in [6.07, 6.45) is 0.337. The smallest absolute Gasteiger partial charge is 0.236 e. The normalized spacial score (nSPS) is 13.0. The molecule has 0 aliphatic heterocycles. The molecule has 1 aromatic carbocycles.